The number of halogens is 1. The lowest BCUT2D eigenvalue weighted by Crippen LogP contribution is -2.05. The van der Waals surface area contributed by atoms with Gasteiger partial charge in [-0.1, -0.05) is 0 Å². The molecule has 0 aromatic heterocycles. The van der Waals surface area contributed by atoms with Crippen LogP contribution in [0.5, 0.6) is 0 Å². The van der Waals surface area contributed by atoms with Crippen LogP contribution in [0.3, 0.4) is 0 Å². The maximum Gasteiger partial charge on any atom is 0.241 e. The number of carbonyl (C=O) groups is 2. The highest BCUT2D eigenvalue weighted by atomic mass is 19.1. The van der Waals surface area contributed by atoms with Crippen LogP contribution in [-0.2, 0) is 4.79 Å². The van der Waals surface area contributed by atoms with E-state index >= 15 is 0 Å². The van der Waals surface area contributed by atoms with Crippen LogP contribution >= 0.6 is 0 Å². The first-order valence-corrected chi connectivity index (χ1v) is 4.28. The summed E-state index contributed by atoms with van der Waals surface area (Å²) < 4.78 is 13.2. The van der Waals surface area contributed by atoms with Gasteiger partial charge in [0.1, 0.15) is 5.82 Å². The van der Waals surface area contributed by atoms with E-state index in [4.69, 9.17) is 5.73 Å². The van der Waals surface area contributed by atoms with Gasteiger partial charge in [-0.25, -0.2) is 4.39 Å². The van der Waals surface area contributed by atoms with Gasteiger partial charge < -0.3 is 5.73 Å². The van der Waals surface area contributed by atoms with Gasteiger partial charge >= 0.3 is 0 Å². The van der Waals surface area contributed by atoms with E-state index in [0.29, 0.717) is 5.56 Å². The van der Waals surface area contributed by atoms with Crippen molar-refractivity contribution in [1.82, 2.24) is 0 Å². The summed E-state index contributed by atoms with van der Waals surface area (Å²) in [7, 11) is 0. The van der Waals surface area contributed by atoms with Crippen molar-refractivity contribution in [3.8, 4) is 0 Å². The van der Waals surface area contributed by atoms with Crippen molar-refractivity contribution in [2.45, 2.75) is 6.92 Å². The number of carbonyl (C=O) groups excluding carboxylic acids is 2. The Kier molecular flexibility index (Phi) is 3.33. The molecule has 0 aliphatic heterocycles. The first-order valence-electron chi connectivity index (χ1n) is 4.28. The third-order valence-corrected chi connectivity index (χ3v) is 1.83. The van der Waals surface area contributed by atoms with E-state index in [1.54, 1.807) is 0 Å². The molecule has 0 heterocycles. The first kappa shape index (κ1) is 11.1. The number of Topliss-reactive ketones (excluding diaryl/α,β-unsaturated/α-hetero) is 1. The second-order valence-corrected chi connectivity index (χ2v) is 3.03. The summed E-state index contributed by atoms with van der Waals surface area (Å²) >= 11 is 0. The standard InChI is InChI=1S/C11H10FNO2/c1-7(14)8-2-4-10(12)9(6-8)3-5-11(13)15/h2-6H,1H3,(H2,13,15). The lowest BCUT2D eigenvalue weighted by Gasteiger charge is -1.99. The van der Waals surface area contributed by atoms with E-state index in [1.165, 1.54) is 31.2 Å². The maximum absolute atomic E-state index is 13.2. The van der Waals surface area contributed by atoms with Crippen LogP contribution in [0.25, 0.3) is 6.08 Å². The normalized spacial score (nSPS) is 10.5. The zero-order valence-corrected chi connectivity index (χ0v) is 8.16. The monoisotopic (exact) mass is 207 g/mol. The number of amides is 1. The zero-order chi connectivity index (χ0) is 11.4. The van der Waals surface area contributed by atoms with Crippen LogP contribution in [0.15, 0.2) is 24.3 Å². The smallest absolute Gasteiger partial charge is 0.241 e. The average Bonchev–Trinajstić information content (AvgIpc) is 2.16. The molecule has 4 heteroatoms. The molecule has 0 saturated heterocycles. The molecule has 0 aliphatic carbocycles. The number of rotatable bonds is 3. The molecule has 1 amide bonds. The van der Waals surface area contributed by atoms with E-state index in [2.05, 4.69) is 0 Å². The summed E-state index contributed by atoms with van der Waals surface area (Å²) in [5.74, 6) is -1.33. The highest BCUT2D eigenvalue weighted by Crippen LogP contribution is 2.12. The van der Waals surface area contributed by atoms with Gasteiger partial charge in [-0.3, -0.25) is 9.59 Å². The lowest BCUT2D eigenvalue weighted by molar-refractivity contribution is -0.113. The molecule has 78 valence electrons. The molecule has 0 unspecified atom stereocenters. The summed E-state index contributed by atoms with van der Waals surface area (Å²) in [6.07, 6.45) is 2.28. The summed E-state index contributed by atoms with van der Waals surface area (Å²) in [6.45, 7) is 1.38. The Morgan fingerprint density at radius 3 is 2.60 bits per heavy atom. The Labute approximate surface area is 86.4 Å². The van der Waals surface area contributed by atoms with Crippen LogP contribution in [0.4, 0.5) is 4.39 Å². The fraction of sp³-hybridized carbons (Fsp3) is 0.0909. The molecule has 2 N–H and O–H groups in total. The van der Waals surface area contributed by atoms with Crippen LogP contribution in [-0.4, -0.2) is 11.7 Å². The fourth-order valence-corrected chi connectivity index (χ4v) is 1.06. The highest BCUT2D eigenvalue weighted by molar-refractivity contribution is 5.95. The quantitative estimate of drug-likeness (QED) is 0.603. The van der Waals surface area contributed by atoms with Crippen molar-refractivity contribution < 1.29 is 14.0 Å². The van der Waals surface area contributed by atoms with Crippen LogP contribution in [0.2, 0.25) is 0 Å². The SMILES string of the molecule is CC(=O)c1ccc(F)c(C=CC(N)=O)c1. The number of benzene rings is 1. The molecule has 0 atom stereocenters. The minimum Gasteiger partial charge on any atom is -0.366 e. The molecule has 3 nitrogen and oxygen atoms in total. The van der Waals surface area contributed by atoms with Crippen molar-refractivity contribution in [2.75, 3.05) is 0 Å². The number of nitrogens with two attached hydrogens (primary N) is 1. The summed E-state index contributed by atoms with van der Waals surface area (Å²) in [5, 5.41) is 0. The van der Waals surface area contributed by atoms with E-state index in [1.807, 2.05) is 0 Å². The second kappa shape index (κ2) is 4.50. The Hall–Kier alpha value is -1.97. The molecule has 15 heavy (non-hydrogen) atoms. The van der Waals surface area contributed by atoms with Crippen LogP contribution in [0, 0.1) is 5.82 Å². The molecule has 1 aromatic rings. The Morgan fingerprint density at radius 1 is 1.40 bits per heavy atom. The van der Waals surface area contributed by atoms with Crippen molar-refractivity contribution in [1.29, 1.82) is 0 Å². The van der Waals surface area contributed by atoms with E-state index < -0.39 is 11.7 Å². The van der Waals surface area contributed by atoms with Crippen molar-refractivity contribution in [3.05, 3.63) is 41.2 Å². The third-order valence-electron chi connectivity index (χ3n) is 1.83. The number of hydrogen-bond acceptors (Lipinski definition) is 2. The van der Waals surface area contributed by atoms with Crippen LogP contribution in [0.1, 0.15) is 22.8 Å². The van der Waals surface area contributed by atoms with Gasteiger partial charge in [0.15, 0.2) is 5.78 Å². The van der Waals surface area contributed by atoms with E-state index in [9.17, 15) is 14.0 Å². The van der Waals surface area contributed by atoms with Gasteiger partial charge in [0, 0.05) is 17.2 Å². The van der Waals surface area contributed by atoms with Crippen LogP contribution < -0.4 is 5.73 Å². The molecular formula is C11H10FNO2. The molecule has 0 bridgehead atoms. The Morgan fingerprint density at radius 2 is 2.07 bits per heavy atom. The molecule has 0 saturated carbocycles. The lowest BCUT2D eigenvalue weighted by atomic mass is 10.1. The Balaban J connectivity index is 3.11. The fourth-order valence-electron chi connectivity index (χ4n) is 1.06. The number of hydrogen-bond donors (Lipinski definition) is 1. The summed E-state index contributed by atoms with van der Waals surface area (Å²) in [4.78, 5) is 21.5. The van der Waals surface area contributed by atoms with Crippen molar-refractivity contribution >= 4 is 17.8 Å². The first-order chi connectivity index (χ1) is 7.00. The molecule has 0 spiro atoms. The average molecular weight is 207 g/mol. The number of primary amides is 1. The van der Waals surface area contributed by atoms with E-state index in [-0.39, 0.29) is 11.3 Å². The maximum atomic E-state index is 13.2. The topological polar surface area (TPSA) is 60.2 Å². The van der Waals surface area contributed by atoms with Gasteiger partial charge in [-0.05, 0) is 31.2 Å². The summed E-state index contributed by atoms with van der Waals surface area (Å²) in [6, 6.07) is 3.94. The molecule has 1 aromatic carbocycles. The van der Waals surface area contributed by atoms with Gasteiger partial charge in [0.25, 0.3) is 0 Å². The third kappa shape index (κ3) is 3.02. The van der Waals surface area contributed by atoms with Gasteiger partial charge in [0.2, 0.25) is 5.91 Å². The van der Waals surface area contributed by atoms with Gasteiger partial charge in [-0.15, -0.1) is 0 Å². The Bertz CT molecular complexity index is 438. The van der Waals surface area contributed by atoms with Gasteiger partial charge in [-0.2, -0.15) is 0 Å². The van der Waals surface area contributed by atoms with E-state index in [0.717, 1.165) is 6.08 Å². The molecule has 0 radical (unpaired) electrons. The zero-order valence-electron chi connectivity index (χ0n) is 8.16. The van der Waals surface area contributed by atoms with Gasteiger partial charge in [0.05, 0.1) is 0 Å². The minimum absolute atomic E-state index is 0.163. The number of ketones is 1. The predicted octanol–water partition coefficient (Wildman–Crippen LogP) is 1.53. The molecular weight excluding hydrogens is 197 g/mol. The summed E-state index contributed by atoms with van der Waals surface area (Å²) in [5.41, 5.74) is 5.43. The molecule has 1 rings (SSSR count). The predicted molar refractivity (Wildman–Crippen MR) is 54.6 cm³/mol. The largest absolute Gasteiger partial charge is 0.366 e. The molecule has 0 aliphatic rings. The minimum atomic E-state index is -0.664. The second-order valence-electron chi connectivity index (χ2n) is 3.03. The molecule has 0 fully saturated rings. The van der Waals surface area contributed by atoms with Crippen molar-refractivity contribution in [2.24, 2.45) is 5.73 Å². The highest BCUT2D eigenvalue weighted by Gasteiger charge is 2.04. The van der Waals surface area contributed by atoms with Crippen molar-refractivity contribution in [3.63, 3.8) is 0 Å².